The van der Waals surface area contributed by atoms with Crippen molar-refractivity contribution in [3.8, 4) is 16.9 Å². The maximum Gasteiger partial charge on any atom is 0.241 e. The highest BCUT2D eigenvalue weighted by molar-refractivity contribution is 5.96. The summed E-state index contributed by atoms with van der Waals surface area (Å²) in [5, 5.41) is 12.8. The van der Waals surface area contributed by atoms with E-state index in [0.29, 0.717) is 12.1 Å². The Morgan fingerprint density at radius 3 is 2.85 bits per heavy atom. The van der Waals surface area contributed by atoms with Gasteiger partial charge in [-0.3, -0.25) is 9.78 Å². The number of pyridine rings is 1. The van der Waals surface area contributed by atoms with Gasteiger partial charge in [0.05, 0.1) is 11.7 Å². The Bertz CT molecular complexity index is 871. The lowest BCUT2D eigenvalue weighted by molar-refractivity contribution is -0.117. The Balaban J connectivity index is 1.74. The molecule has 134 valence electrons. The van der Waals surface area contributed by atoms with Gasteiger partial charge in [0, 0.05) is 11.9 Å². The van der Waals surface area contributed by atoms with E-state index in [1.54, 1.807) is 24.4 Å². The molecule has 1 aromatic heterocycles. The minimum Gasteiger partial charge on any atom is -0.506 e. The summed E-state index contributed by atoms with van der Waals surface area (Å²) in [5.41, 5.74) is 10.3. The highest BCUT2D eigenvalue weighted by Crippen LogP contribution is 2.30. The molecule has 1 aliphatic carbocycles. The predicted molar refractivity (Wildman–Crippen MR) is 104 cm³/mol. The molecule has 3 rings (SSSR count). The number of aryl methyl sites for hydroxylation is 1. The largest absolute Gasteiger partial charge is 0.506 e. The minimum absolute atomic E-state index is 0.0138. The average molecular weight is 349 g/mol. The third-order valence-corrected chi connectivity index (χ3v) is 4.40. The van der Waals surface area contributed by atoms with Gasteiger partial charge in [-0.05, 0) is 61.6 Å². The smallest absolute Gasteiger partial charge is 0.241 e. The second-order valence-electron chi connectivity index (χ2n) is 6.51. The monoisotopic (exact) mass is 349 g/mol. The highest BCUT2D eigenvalue weighted by atomic mass is 16.3. The van der Waals surface area contributed by atoms with Gasteiger partial charge in [0.1, 0.15) is 5.75 Å². The third kappa shape index (κ3) is 4.37. The zero-order valence-corrected chi connectivity index (χ0v) is 14.8. The number of allylic oxidation sites excluding steroid dienone is 3. The molecule has 5 nitrogen and oxygen atoms in total. The number of nitrogens with two attached hydrogens (primary N) is 1. The average Bonchev–Trinajstić information content (AvgIpc) is 2.64. The molecule has 5 heteroatoms. The lowest BCUT2D eigenvalue weighted by atomic mass is 9.98. The first-order valence-electron chi connectivity index (χ1n) is 8.70. The van der Waals surface area contributed by atoms with E-state index in [0.717, 1.165) is 29.7 Å². The topological polar surface area (TPSA) is 88.2 Å². The summed E-state index contributed by atoms with van der Waals surface area (Å²) in [6, 6.07) is 8.31. The van der Waals surface area contributed by atoms with E-state index >= 15 is 0 Å². The summed E-state index contributed by atoms with van der Waals surface area (Å²) in [6.45, 7) is 1.92. The van der Waals surface area contributed by atoms with E-state index in [1.807, 2.05) is 31.2 Å². The first kappa shape index (κ1) is 17.9. The highest BCUT2D eigenvalue weighted by Gasteiger charge is 2.17. The van der Waals surface area contributed by atoms with Crippen LogP contribution in [0.15, 0.2) is 60.3 Å². The number of rotatable bonds is 5. The lowest BCUT2D eigenvalue weighted by Gasteiger charge is -2.16. The standard InChI is InChI=1S/C21H23N3O2/c1-14-11-17(9-10-23-14)16-7-8-20(25)19(13-16)24-21(26)18(22)12-15-5-3-2-4-6-15/h2-3,5,7-11,13,18,25H,4,6,12,22H2,1H3,(H,24,26). The summed E-state index contributed by atoms with van der Waals surface area (Å²) in [4.78, 5) is 16.6. The number of nitrogens with zero attached hydrogens (tertiary/aromatic N) is 1. The second kappa shape index (κ2) is 7.97. The molecule has 26 heavy (non-hydrogen) atoms. The van der Waals surface area contributed by atoms with Crippen LogP contribution in [0.3, 0.4) is 0 Å². The SMILES string of the molecule is Cc1cc(-c2ccc(O)c(NC(=O)C(N)CC3=CC=CCC3)c2)ccn1. The number of aromatic hydroxyl groups is 1. The van der Waals surface area contributed by atoms with Crippen molar-refractivity contribution in [3.63, 3.8) is 0 Å². The second-order valence-corrected chi connectivity index (χ2v) is 6.51. The molecule has 1 unspecified atom stereocenters. The number of amides is 1. The van der Waals surface area contributed by atoms with E-state index in [-0.39, 0.29) is 11.7 Å². The molecule has 0 fully saturated rings. The van der Waals surface area contributed by atoms with Crippen LogP contribution in [-0.4, -0.2) is 22.0 Å². The fourth-order valence-electron chi connectivity index (χ4n) is 2.96. The zero-order valence-electron chi connectivity index (χ0n) is 14.8. The molecule has 4 N–H and O–H groups in total. The van der Waals surface area contributed by atoms with Crippen molar-refractivity contribution in [2.75, 3.05) is 5.32 Å². The number of phenols is 1. The van der Waals surface area contributed by atoms with Gasteiger partial charge in [-0.15, -0.1) is 0 Å². The van der Waals surface area contributed by atoms with Crippen LogP contribution in [0.5, 0.6) is 5.75 Å². The maximum atomic E-state index is 12.4. The van der Waals surface area contributed by atoms with Crippen molar-refractivity contribution >= 4 is 11.6 Å². The number of hydrogen-bond acceptors (Lipinski definition) is 4. The molecule has 0 saturated heterocycles. The van der Waals surface area contributed by atoms with Crippen LogP contribution >= 0.6 is 0 Å². The molecule has 2 aromatic rings. The molecule has 0 saturated carbocycles. The van der Waals surface area contributed by atoms with Crippen molar-refractivity contribution < 1.29 is 9.90 Å². The van der Waals surface area contributed by atoms with E-state index in [1.165, 1.54) is 5.57 Å². The molecule has 1 heterocycles. The van der Waals surface area contributed by atoms with Crippen molar-refractivity contribution in [3.05, 3.63) is 66.0 Å². The number of carbonyl (C=O) groups is 1. The number of hydrogen-bond donors (Lipinski definition) is 3. The molecule has 1 aliphatic rings. The molecule has 1 amide bonds. The van der Waals surface area contributed by atoms with Crippen LogP contribution in [0.2, 0.25) is 0 Å². The quantitative estimate of drug-likeness (QED) is 0.718. The number of nitrogens with one attached hydrogen (secondary N) is 1. The molecular weight excluding hydrogens is 326 g/mol. The summed E-state index contributed by atoms with van der Waals surface area (Å²) < 4.78 is 0. The summed E-state index contributed by atoms with van der Waals surface area (Å²) in [6.07, 6.45) is 10.3. The minimum atomic E-state index is -0.654. The molecule has 0 bridgehead atoms. The summed E-state index contributed by atoms with van der Waals surface area (Å²) >= 11 is 0. The maximum absolute atomic E-state index is 12.4. The van der Waals surface area contributed by atoms with Gasteiger partial charge in [0.15, 0.2) is 0 Å². The fourth-order valence-corrected chi connectivity index (χ4v) is 2.96. The summed E-state index contributed by atoms with van der Waals surface area (Å²) in [5.74, 6) is -0.293. The Labute approximate surface area is 153 Å². The van der Waals surface area contributed by atoms with Gasteiger partial charge in [-0.25, -0.2) is 0 Å². The van der Waals surface area contributed by atoms with E-state index in [2.05, 4.69) is 16.4 Å². The van der Waals surface area contributed by atoms with Gasteiger partial charge >= 0.3 is 0 Å². The van der Waals surface area contributed by atoms with Gasteiger partial charge in [0.25, 0.3) is 0 Å². The van der Waals surface area contributed by atoms with Crippen LogP contribution in [0, 0.1) is 6.92 Å². The van der Waals surface area contributed by atoms with Gasteiger partial charge in [0.2, 0.25) is 5.91 Å². The van der Waals surface area contributed by atoms with Gasteiger partial charge in [-0.2, -0.15) is 0 Å². The van der Waals surface area contributed by atoms with Gasteiger partial charge < -0.3 is 16.2 Å². The normalized spacial score (nSPS) is 14.6. The molecule has 0 spiro atoms. The van der Waals surface area contributed by atoms with E-state index in [9.17, 15) is 9.90 Å². The Morgan fingerprint density at radius 2 is 2.12 bits per heavy atom. The van der Waals surface area contributed by atoms with Crippen LogP contribution in [0.25, 0.3) is 11.1 Å². The van der Waals surface area contributed by atoms with Crippen molar-refractivity contribution in [1.29, 1.82) is 0 Å². The Morgan fingerprint density at radius 1 is 1.31 bits per heavy atom. The predicted octanol–water partition coefficient (Wildman–Crippen LogP) is 3.69. The van der Waals surface area contributed by atoms with Crippen LogP contribution < -0.4 is 11.1 Å². The number of phenolic OH excluding ortho intramolecular Hbond substituents is 1. The van der Waals surface area contributed by atoms with Gasteiger partial charge in [-0.1, -0.05) is 29.9 Å². The number of anilines is 1. The number of aromatic nitrogens is 1. The van der Waals surface area contributed by atoms with E-state index < -0.39 is 6.04 Å². The Hall–Kier alpha value is -2.92. The molecule has 1 atom stereocenters. The number of carbonyl (C=O) groups excluding carboxylic acids is 1. The fraction of sp³-hybridized carbons (Fsp3) is 0.238. The number of benzene rings is 1. The van der Waals surface area contributed by atoms with Crippen LogP contribution in [0.1, 0.15) is 25.0 Å². The molecule has 0 aliphatic heterocycles. The first-order chi connectivity index (χ1) is 12.5. The van der Waals surface area contributed by atoms with Crippen molar-refractivity contribution in [1.82, 2.24) is 4.98 Å². The lowest BCUT2D eigenvalue weighted by Crippen LogP contribution is -2.36. The zero-order chi connectivity index (χ0) is 18.5. The molecule has 1 aromatic carbocycles. The van der Waals surface area contributed by atoms with Crippen molar-refractivity contribution in [2.24, 2.45) is 5.73 Å². The van der Waals surface area contributed by atoms with Crippen molar-refractivity contribution in [2.45, 2.75) is 32.2 Å². The summed E-state index contributed by atoms with van der Waals surface area (Å²) in [7, 11) is 0. The van der Waals surface area contributed by atoms with Crippen LogP contribution in [-0.2, 0) is 4.79 Å². The van der Waals surface area contributed by atoms with E-state index in [4.69, 9.17) is 5.73 Å². The first-order valence-corrected chi connectivity index (χ1v) is 8.70. The van der Waals surface area contributed by atoms with Crippen LogP contribution in [0.4, 0.5) is 5.69 Å². The molecular formula is C21H23N3O2. The Kier molecular flexibility index (Phi) is 5.49. The third-order valence-electron chi connectivity index (χ3n) is 4.40. The molecule has 0 radical (unpaired) electrons.